The summed E-state index contributed by atoms with van der Waals surface area (Å²) in [5, 5.41) is 0.389. The van der Waals surface area contributed by atoms with E-state index in [2.05, 4.69) is 4.99 Å². The van der Waals surface area contributed by atoms with E-state index in [-0.39, 0.29) is 5.75 Å². The van der Waals surface area contributed by atoms with Crippen molar-refractivity contribution in [1.82, 2.24) is 4.90 Å². The Morgan fingerprint density at radius 3 is 2.68 bits per heavy atom. The molecule has 0 saturated carbocycles. The van der Waals surface area contributed by atoms with E-state index in [1.807, 2.05) is 25.8 Å². The van der Waals surface area contributed by atoms with Crippen molar-refractivity contribution in [3.8, 4) is 11.5 Å². The number of hydrogen-bond acceptors (Lipinski definition) is 2. The first kappa shape index (κ1) is 16.3. The normalized spacial score (nSPS) is 11.0. The number of rotatable bonds is 5. The average Bonchev–Trinajstić information content (AvgIpc) is 2.51. The summed E-state index contributed by atoms with van der Waals surface area (Å²) in [6.07, 6.45) is 1.75. The van der Waals surface area contributed by atoms with Gasteiger partial charge in [-0.05, 0) is 43.7 Å². The second-order valence-corrected chi connectivity index (χ2v) is 5.33. The largest absolute Gasteiger partial charge is 0.453 e. The van der Waals surface area contributed by atoms with Gasteiger partial charge in [-0.3, -0.25) is 0 Å². The lowest BCUT2D eigenvalue weighted by atomic mass is 10.2. The average molecular weight is 321 g/mol. The molecule has 0 aliphatic heterocycles. The van der Waals surface area contributed by atoms with Gasteiger partial charge in [-0.2, -0.15) is 0 Å². The van der Waals surface area contributed by atoms with E-state index in [0.717, 1.165) is 17.8 Å². The van der Waals surface area contributed by atoms with Crippen LogP contribution in [-0.4, -0.2) is 24.8 Å². The maximum absolute atomic E-state index is 13.6. The van der Waals surface area contributed by atoms with Gasteiger partial charge in [0.2, 0.25) is 0 Å². The molecule has 0 aliphatic carbocycles. The van der Waals surface area contributed by atoms with E-state index >= 15 is 0 Å². The third-order valence-electron chi connectivity index (χ3n) is 3.20. The zero-order valence-corrected chi connectivity index (χ0v) is 13.6. The highest BCUT2D eigenvalue weighted by molar-refractivity contribution is 6.32. The number of benzene rings is 2. The van der Waals surface area contributed by atoms with Crippen molar-refractivity contribution >= 4 is 23.6 Å². The summed E-state index contributed by atoms with van der Waals surface area (Å²) in [6.45, 7) is 4.81. The van der Waals surface area contributed by atoms with Gasteiger partial charge in [0.1, 0.15) is 5.75 Å². The quantitative estimate of drug-likeness (QED) is 0.559. The van der Waals surface area contributed by atoms with Crippen molar-refractivity contribution < 1.29 is 9.13 Å². The van der Waals surface area contributed by atoms with Crippen LogP contribution in [-0.2, 0) is 0 Å². The predicted octanol–water partition coefficient (Wildman–Crippen LogP) is 5.19. The summed E-state index contributed by atoms with van der Waals surface area (Å²) >= 11 is 6.22. The van der Waals surface area contributed by atoms with Crippen LogP contribution < -0.4 is 4.74 Å². The summed E-state index contributed by atoms with van der Waals surface area (Å²) in [6, 6.07) is 9.69. The number of halogens is 2. The molecular weight excluding hydrogens is 303 g/mol. The Kier molecular flexibility index (Phi) is 5.39. The minimum Gasteiger partial charge on any atom is -0.453 e. The van der Waals surface area contributed by atoms with Gasteiger partial charge in [-0.25, -0.2) is 9.38 Å². The molecule has 0 spiro atoms. The van der Waals surface area contributed by atoms with E-state index < -0.39 is 5.82 Å². The number of para-hydroxylation sites is 1. The van der Waals surface area contributed by atoms with Gasteiger partial charge in [-0.15, -0.1) is 0 Å². The fourth-order valence-corrected chi connectivity index (χ4v) is 1.95. The Balaban J connectivity index is 2.27. The fourth-order valence-electron chi connectivity index (χ4n) is 1.75. The van der Waals surface area contributed by atoms with Crippen LogP contribution in [0.3, 0.4) is 0 Å². The molecule has 0 unspecified atom stereocenters. The van der Waals surface area contributed by atoms with E-state index in [1.54, 1.807) is 36.7 Å². The summed E-state index contributed by atoms with van der Waals surface area (Å²) in [5.74, 6) is 0.126. The highest BCUT2D eigenvalue weighted by Gasteiger charge is 2.10. The zero-order valence-electron chi connectivity index (χ0n) is 12.8. The molecule has 0 radical (unpaired) electrons. The molecule has 0 saturated heterocycles. The first-order valence-corrected chi connectivity index (χ1v) is 7.36. The lowest BCUT2D eigenvalue weighted by Gasteiger charge is -2.12. The molecule has 0 fully saturated rings. The number of nitrogens with zero attached hydrogens (tertiary/aromatic N) is 2. The van der Waals surface area contributed by atoms with Crippen LogP contribution in [0, 0.1) is 12.7 Å². The minimum absolute atomic E-state index is 0.144. The topological polar surface area (TPSA) is 24.8 Å². The molecule has 0 heterocycles. The Bertz CT molecular complexity index is 688. The third kappa shape index (κ3) is 3.98. The molecule has 2 aromatic rings. The van der Waals surface area contributed by atoms with Crippen LogP contribution in [0.25, 0.3) is 0 Å². The van der Waals surface area contributed by atoms with Crippen molar-refractivity contribution in [3.05, 3.63) is 52.8 Å². The molecule has 0 bridgehead atoms. The minimum atomic E-state index is -0.428. The maximum atomic E-state index is 13.6. The Morgan fingerprint density at radius 2 is 2.00 bits per heavy atom. The van der Waals surface area contributed by atoms with Gasteiger partial charge in [0.05, 0.1) is 17.0 Å². The highest BCUT2D eigenvalue weighted by Crippen LogP contribution is 2.35. The number of aliphatic imine (C=N–C) groups is 1. The molecule has 0 atom stereocenters. The van der Waals surface area contributed by atoms with Gasteiger partial charge in [-0.1, -0.05) is 23.7 Å². The summed E-state index contributed by atoms with van der Waals surface area (Å²) < 4.78 is 19.2. The lowest BCUT2D eigenvalue weighted by Crippen LogP contribution is -2.14. The standard InChI is InChI=1S/C17H18ClFN2O/c1-4-21(3)11-20-15-10-13(18)17(9-12(15)2)22-16-8-6-5-7-14(16)19/h5-11H,4H2,1-3H3/b20-11+. The van der Waals surface area contributed by atoms with Crippen molar-refractivity contribution in [2.24, 2.45) is 4.99 Å². The van der Waals surface area contributed by atoms with Gasteiger partial charge in [0.25, 0.3) is 0 Å². The molecule has 22 heavy (non-hydrogen) atoms. The SMILES string of the molecule is CCN(C)/C=N/c1cc(Cl)c(Oc2ccccc2F)cc1C. The number of aryl methyl sites for hydroxylation is 1. The van der Waals surface area contributed by atoms with Gasteiger partial charge >= 0.3 is 0 Å². The summed E-state index contributed by atoms with van der Waals surface area (Å²) in [7, 11) is 1.94. The van der Waals surface area contributed by atoms with Gasteiger partial charge in [0, 0.05) is 13.6 Å². The maximum Gasteiger partial charge on any atom is 0.165 e. The van der Waals surface area contributed by atoms with Crippen LogP contribution in [0.4, 0.5) is 10.1 Å². The molecule has 3 nitrogen and oxygen atoms in total. The van der Waals surface area contributed by atoms with E-state index in [0.29, 0.717) is 10.8 Å². The predicted molar refractivity (Wildman–Crippen MR) is 89.1 cm³/mol. The van der Waals surface area contributed by atoms with Crippen LogP contribution in [0.1, 0.15) is 12.5 Å². The first-order chi connectivity index (χ1) is 10.5. The number of ether oxygens (including phenoxy) is 1. The van der Waals surface area contributed by atoms with Gasteiger partial charge < -0.3 is 9.64 Å². The monoisotopic (exact) mass is 320 g/mol. The Hall–Kier alpha value is -2.07. The molecule has 0 aromatic heterocycles. The van der Waals surface area contributed by atoms with Gasteiger partial charge in [0.15, 0.2) is 11.6 Å². The Morgan fingerprint density at radius 1 is 1.27 bits per heavy atom. The smallest absolute Gasteiger partial charge is 0.165 e. The molecule has 0 N–H and O–H groups in total. The van der Waals surface area contributed by atoms with Crippen LogP contribution in [0.15, 0.2) is 41.4 Å². The molecular formula is C17H18ClFN2O. The molecule has 0 amide bonds. The zero-order chi connectivity index (χ0) is 16.1. The number of hydrogen-bond donors (Lipinski definition) is 0. The lowest BCUT2D eigenvalue weighted by molar-refractivity contribution is 0.442. The second-order valence-electron chi connectivity index (χ2n) is 4.92. The summed E-state index contributed by atoms with van der Waals surface area (Å²) in [4.78, 5) is 6.35. The Labute approximate surface area is 135 Å². The van der Waals surface area contributed by atoms with Crippen LogP contribution in [0.2, 0.25) is 5.02 Å². The molecule has 0 aliphatic rings. The summed E-state index contributed by atoms with van der Waals surface area (Å²) in [5.41, 5.74) is 1.66. The van der Waals surface area contributed by atoms with Crippen LogP contribution in [0.5, 0.6) is 11.5 Å². The second kappa shape index (κ2) is 7.27. The van der Waals surface area contributed by atoms with E-state index in [4.69, 9.17) is 16.3 Å². The molecule has 5 heteroatoms. The molecule has 2 rings (SSSR count). The van der Waals surface area contributed by atoms with E-state index in [1.165, 1.54) is 6.07 Å². The van der Waals surface area contributed by atoms with Crippen LogP contribution >= 0.6 is 11.6 Å². The van der Waals surface area contributed by atoms with Crippen molar-refractivity contribution in [3.63, 3.8) is 0 Å². The third-order valence-corrected chi connectivity index (χ3v) is 3.50. The highest BCUT2D eigenvalue weighted by atomic mass is 35.5. The molecule has 2 aromatic carbocycles. The van der Waals surface area contributed by atoms with Crippen molar-refractivity contribution in [2.45, 2.75) is 13.8 Å². The van der Waals surface area contributed by atoms with Crippen molar-refractivity contribution in [2.75, 3.05) is 13.6 Å². The fraction of sp³-hybridized carbons (Fsp3) is 0.235. The van der Waals surface area contributed by atoms with Crippen molar-refractivity contribution in [1.29, 1.82) is 0 Å². The molecule has 116 valence electrons. The first-order valence-electron chi connectivity index (χ1n) is 6.98. The van der Waals surface area contributed by atoms with E-state index in [9.17, 15) is 4.39 Å².